The molecular weight excluding hydrogens is 292 g/mol. The molecule has 1 atom stereocenters. The fraction of sp³-hybridized carbons (Fsp3) is 0.611. The van der Waals surface area contributed by atoms with Gasteiger partial charge in [-0.2, -0.15) is 0 Å². The van der Waals surface area contributed by atoms with Gasteiger partial charge in [-0.15, -0.1) is 0 Å². The minimum absolute atomic E-state index is 0.0305. The number of anilines is 1. The van der Waals surface area contributed by atoms with Gasteiger partial charge >= 0.3 is 0 Å². The number of methoxy groups -OCH3 is 2. The summed E-state index contributed by atoms with van der Waals surface area (Å²) in [7, 11) is 5.21. The van der Waals surface area contributed by atoms with Crippen molar-refractivity contribution in [2.24, 2.45) is 5.92 Å². The third-order valence-corrected chi connectivity index (χ3v) is 4.73. The zero-order valence-corrected chi connectivity index (χ0v) is 14.6. The van der Waals surface area contributed by atoms with Crippen LogP contribution in [0.1, 0.15) is 32.6 Å². The zero-order chi connectivity index (χ0) is 16.8. The van der Waals surface area contributed by atoms with Gasteiger partial charge in [-0.25, -0.2) is 0 Å². The van der Waals surface area contributed by atoms with E-state index in [0.29, 0.717) is 17.2 Å². The highest BCUT2D eigenvalue weighted by Crippen LogP contribution is 2.29. The molecule has 128 valence electrons. The minimum atomic E-state index is -0.188. The molecule has 2 rings (SSSR count). The average Bonchev–Trinajstić information content (AvgIpc) is 3.06. The summed E-state index contributed by atoms with van der Waals surface area (Å²) < 4.78 is 10.5. The van der Waals surface area contributed by atoms with Crippen LogP contribution in [0.15, 0.2) is 18.2 Å². The summed E-state index contributed by atoms with van der Waals surface area (Å²) in [6.07, 6.45) is 5.20. The fourth-order valence-electron chi connectivity index (χ4n) is 3.11. The largest absolute Gasteiger partial charge is 0.497 e. The van der Waals surface area contributed by atoms with Crippen LogP contribution in [0.2, 0.25) is 0 Å². The van der Waals surface area contributed by atoms with Crippen molar-refractivity contribution in [1.82, 2.24) is 4.90 Å². The highest BCUT2D eigenvalue weighted by molar-refractivity contribution is 5.96. The van der Waals surface area contributed by atoms with E-state index < -0.39 is 0 Å². The van der Waals surface area contributed by atoms with Crippen molar-refractivity contribution in [1.29, 1.82) is 0 Å². The molecule has 0 heterocycles. The Balaban J connectivity index is 1.99. The summed E-state index contributed by atoms with van der Waals surface area (Å²) >= 11 is 0. The summed E-state index contributed by atoms with van der Waals surface area (Å²) in [6, 6.07) is 5.19. The van der Waals surface area contributed by atoms with Crippen molar-refractivity contribution >= 4 is 11.6 Å². The Labute approximate surface area is 139 Å². The average molecular weight is 320 g/mol. The second-order valence-corrected chi connectivity index (χ2v) is 6.32. The minimum Gasteiger partial charge on any atom is -0.497 e. The molecule has 23 heavy (non-hydrogen) atoms. The number of benzene rings is 1. The van der Waals surface area contributed by atoms with Gasteiger partial charge in [0, 0.05) is 12.6 Å². The zero-order valence-electron chi connectivity index (χ0n) is 14.6. The fourth-order valence-corrected chi connectivity index (χ4v) is 3.11. The number of nitrogens with one attached hydrogen (secondary N) is 1. The van der Waals surface area contributed by atoms with Crippen LogP contribution >= 0.6 is 0 Å². The highest BCUT2D eigenvalue weighted by atomic mass is 16.5. The molecule has 1 saturated carbocycles. The number of amides is 1. The summed E-state index contributed by atoms with van der Waals surface area (Å²) in [5.74, 6) is 2.01. The number of ether oxygens (including phenoxy) is 2. The molecule has 0 spiro atoms. The molecule has 1 aliphatic carbocycles. The van der Waals surface area contributed by atoms with Gasteiger partial charge in [0.2, 0.25) is 5.91 Å². The quantitative estimate of drug-likeness (QED) is 0.838. The third-order valence-electron chi connectivity index (χ3n) is 4.73. The SMILES string of the molecule is COc1ccc(OC)c(NC(=O)C(C)N(C)CC2CCCC2)c1. The number of likely N-dealkylation sites (N-methyl/N-ethyl adjacent to an activating group) is 1. The maximum Gasteiger partial charge on any atom is 0.241 e. The van der Waals surface area contributed by atoms with E-state index in [-0.39, 0.29) is 11.9 Å². The number of hydrogen-bond donors (Lipinski definition) is 1. The first-order valence-electron chi connectivity index (χ1n) is 8.28. The Bertz CT molecular complexity index is 527. The lowest BCUT2D eigenvalue weighted by atomic mass is 10.1. The van der Waals surface area contributed by atoms with Crippen LogP contribution in [0.3, 0.4) is 0 Å². The lowest BCUT2D eigenvalue weighted by Gasteiger charge is -2.26. The molecule has 0 radical (unpaired) electrons. The molecule has 1 aliphatic rings. The first-order valence-corrected chi connectivity index (χ1v) is 8.28. The van der Waals surface area contributed by atoms with E-state index in [9.17, 15) is 4.79 Å². The van der Waals surface area contributed by atoms with Crippen molar-refractivity contribution in [3.8, 4) is 11.5 Å². The van der Waals surface area contributed by atoms with Crippen LogP contribution in [0.5, 0.6) is 11.5 Å². The molecule has 5 nitrogen and oxygen atoms in total. The van der Waals surface area contributed by atoms with Gasteiger partial charge in [-0.1, -0.05) is 12.8 Å². The lowest BCUT2D eigenvalue weighted by molar-refractivity contribution is -0.120. The molecule has 1 unspecified atom stereocenters. The molecule has 1 aromatic rings. The molecule has 0 saturated heterocycles. The van der Waals surface area contributed by atoms with Crippen molar-refractivity contribution in [3.05, 3.63) is 18.2 Å². The van der Waals surface area contributed by atoms with Crippen molar-refractivity contribution in [3.63, 3.8) is 0 Å². The van der Waals surface area contributed by atoms with Crippen LogP contribution in [0, 0.1) is 5.92 Å². The van der Waals surface area contributed by atoms with E-state index in [1.165, 1.54) is 25.7 Å². The van der Waals surface area contributed by atoms with Crippen LogP contribution < -0.4 is 14.8 Å². The molecule has 0 aliphatic heterocycles. The summed E-state index contributed by atoms with van der Waals surface area (Å²) in [4.78, 5) is 14.7. The Hall–Kier alpha value is -1.75. The van der Waals surface area contributed by atoms with E-state index in [1.54, 1.807) is 26.4 Å². The predicted molar refractivity (Wildman–Crippen MR) is 92.2 cm³/mol. The van der Waals surface area contributed by atoms with Gasteiger partial charge in [-0.3, -0.25) is 9.69 Å². The second-order valence-electron chi connectivity index (χ2n) is 6.32. The number of rotatable bonds is 7. The third kappa shape index (κ3) is 4.61. The predicted octanol–water partition coefficient (Wildman–Crippen LogP) is 3.15. The normalized spacial score (nSPS) is 16.4. The van der Waals surface area contributed by atoms with Crippen molar-refractivity contribution < 1.29 is 14.3 Å². The number of carbonyl (C=O) groups is 1. The molecule has 0 aromatic heterocycles. The maximum absolute atomic E-state index is 12.5. The maximum atomic E-state index is 12.5. The Morgan fingerprint density at radius 3 is 2.61 bits per heavy atom. The Morgan fingerprint density at radius 2 is 2.00 bits per heavy atom. The van der Waals surface area contributed by atoms with Crippen LogP contribution in [0.25, 0.3) is 0 Å². The lowest BCUT2D eigenvalue weighted by Crippen LogP contribution is -2.41. The molecule has 0 bridgehead atoms. The smallest absolute Gasteiger partial charge is 0.241 e. The van der Waals surface area contributed by atoms with Gasteiger partial charge in [0.25, 0.3) is 0 Å². The van der Waals surface area contributed by atoms with Crippen molar-refractivity contribution in [2.75, 3.05) is 33.1 Å². The monoisotopic (exact) mass is 320 g/mol. The van der Waals surface area contributed by atoms with Crippen LogP contribution in [0.4, 0.5) is 5.69 Å². The van der Waals surface area contributed by atoms with Gasteiger partial charge in [0.05, 0.1) is 25.9 Å². The molecule has 5 heteroatoms. The van der Waals surface area contributed by atoms with Crippen LogP contribution in [-0.4, -0.2) is 44.7 Å². The van der Waals surface area contributed by atoms with E-state index in [2.05, 4.69) is 10.2 Å². The van der Waals surface area contributed by atoms with Gasteiger partial charge in [0.15, 0.2) is 0 Å². The summed E-state index contributed by atoms with van der Waals surface area (Å²) in [6.45, 7) is 2.92. The van der Waals surface area contributed by atoms with Gasteiger partial charge < -0.3 is 14.8 Å². The molecule has 1 amide bonds. The Morgan fingerprint density at radius 1 is 1.30 bits per heavy atom. The highest BCUT2D eigenvalue weighted by Gasteiger charge is 2.23. The van der Waals surface area contributed by atoms with Gasteiger partial charge in [0.1, 0.15) is 11.5 Å². The molecular formula is C18H28N2O3. The number of hydrogen-bond acceptors (Lipinski definition) is 4. The second kappa shape index (κ2) is 8.20. The molecule has 1 fully saturated rings. The van der Waals surface area contributed by atoms with Crippen molar-refractivity contribution in [2.45, 2.75) is 38.6 Å². The first-order chi connectivity index (χ1) is 11.0. The summed E-state index contributed by atoms with van der Waals surface area (Å²) in [5, 5.41) is 2.96. The number of carbonyl (C=O) groups excluding carboxylic acids is 1. The summed E-state index contributed by atoms with van der Waals surface area (Å²) in [5.41, 5.74) is 0.637. The molecule has 1 N–H and O–H groups in total. The van der Waals surface area contributed by atoms with Crippen LogP contribution in [-0.2, 0) is 4.79 Å². The Kier molecular flexibility index (Phi) is 6.28. The number of nitrogens with zero attached hydrogens (tertiary/aromatic N) is 1. The standard InChI is InChI=1S/C18H28N2O3/c1-13(20(2)12-14-7-5-6-8-14)18(21)19-16-11-15(22-3)9-10-17(16)23-4/h9-11,13-14H,5-8,12H2,1-4H3,(H,19,21). The first kappa shape index (κ1) is 17.6. The topological polar surface area (TPSA) is 50.8 Å². The van der Waals surface area contributed by atoms with E-state index in [1.807, 2.05) is 20.0 Å². The van der Waals surface area contributed by atoms with Gasteiger partial charge in [-0.05, 0) is 44.9 Å². The van der Waals surface area contributed by atoms with E-state index in [4.69, 9.17) is 9.47 Å². The van der Waals surface area contributed by atoms with E-state index >= 15 is 0 Å². The molecule has 1 aromatic carbocycles. The van der Waals surface area contributed by atoms with E-state index in [0.717, 1.165) is 12.5 Å².